The van der Waals surface area contributed by atoms with Gasteiger partial charge in [0.15, 0.2) is 15.5 Å². The van der Waals surface area contributed by atoms with Gasteiger partial charge in [0.25, 0.3) is 5.91 Å². The first-order chi connectivity index (χ1) is 13.2. The number of hydrogen-bond acceptors (Lipinski definition) is 5. The minimum atomic E-state index is -3.20. The minimum Gasteiger partial charge on any atom is -0.333 e. The molecule has 1 unspecified atom stereocenters. The number of carbonyl (C=O) groups excluding carboxylic acids is 1. The SMILES string of the molecule is CCCN(C(=O)c1nn(-c2ccccc2F)c(C)cc1=O)C1CCS(=O)(=O)C1. The van der Waals surface area contributed by atoms with Gasteiger partial charge >= 0.3 is 0 Å². The summed E-state index contributed by atoms with van der Waals surface area (Å²) in [5.74, 6) is -1.26. The monoisotopic (exact) mass is 407 g/mol. The molecule has 1 atom stereocenters. The van der Waals surface area contributed by atoms with Gasteiger partial charge in [-0.2, -0.15) is 5.10 Å². The summed E-state index contributed by atoms with van der Waals surface area (Å²) < 4.78 is 39.1. The van der Waals surface area contributed by atoms with E-state index in [2.05, 4.69) is 5.10 Å². The van der Waals surface area contributed by atoms with E-state index in [1.807, 2.05) is 6.92 Å². The first kappa shape index (κ1) is 20.2. The van der Waals surface area contributed by atoms with E-state index in [9.17, 15) is 22.4 Å². The lowest BCUT2D eigenvalue weighted by atomic mass is 10.2. The molecule has 0 radical (unpaired) electrons. The number of benzene rings is 1. The van der Waals surface area contributed by atoms with Gasteiger partial charge in [-0.1, -0.05) is 19.1 Å². The zero-order chi connectivity index (χ0) is 20.5. The van der Waals surface area contributed by atoms with Gasteiger partial charge in [0.05, 0.1) is 11.5 Å². The van der Waals surface area contributed by atoms with Crippen molar-refractivity contribution < 1.29 is 17.6 Å². The smallest absolute Gasteiger partial charge is 0.278 e. The third kappa shape index (κ3) is 3.99. The summed E-state index contributed by atoms with van der Waals surface area (Å²) >= 11 is 0. The lowest BCUT2D eigenvalue weighted by molar-refractivity contribution is 0.0687. The van der Waals surface area contributed by atoms with Crippen LogP contribution in [-0.4, -0.2) is 53.1 Å². The van der Waals surface area contributed by atoms with Crippen LogP contribution in [0.1, 0.15) is 35.9 Å². The Labute approximate surface area is 162 Å². The number of sulfone groups is 1. The highest BCUT2D eigenvalue weighted by molar-refractivity contribution is 7.91. The number of halogens is 1. The van der Waals surface area contributed by atoms with E-state index in [0.717, 1.165) is 0 Å². The number of carbonyl (C=O) groups is 1. The standard InChI is InChI=1S/C19H22FN3O4S/c1-3-9-22(14-8-10-28(26,27)12-14)19(25)18-17(24)11-13(2)23(21-18)16-7-5-4-6-15(16)20/h4-7,11,14H,3,8-10,12H2,1-2H3. The van der Waals surface area contributed by atoms with Gasteiger partial charge in [0.1, 0.15) is 11.5 Å². The molecule has 1 saturated heterocycles. The highest BCUT2D eigenvalue weighted by Crippen LogP contribution is 2.20. The second kappa shape index (κ2) is 7.83. The van der Waals surface area contributed by atoms with Crippen molar-refractivity contribution in [3.05, 3.63) is 57.8 Å². The van der Waals surface area contributed by atoms with Gasteiger partial charge in [0.2, 0.25) is 5.43 Å². The quantitative estimate of drug-likeness (QED) is 0.753. The van der Waals surface area contributed by atoms with Crippen LogP contribution in [0, 0.1) is 12.7 Å². The van der Waals surface area contributed by atoms with Crippen molar-refractivity contribution in [3.63, 3.8) is 0 Å². The maximum Gasteiger partial charge on any atom is 0.278 e. The molecule has 1 aromatic carbocycles. The van der Waals surface area contributed by atoms with Gasteiger partial charge in [-0.15, -0.1) is 0 Å². The maximum absolute atomic E-state index is 14.2. The van der Waals surface area contributed by atoms with Crippen LogP contribution in [0.2, 0.25) is 0 Å². The third-order valence-electron chi connectivity index (χ3n) is 4.77. The van der Waals surface area contributed by atoms with Crippen molar-refractivity contribution >= 4 is 15.7 Å². The fourth-order valence-corrected chi connectivity index (χ4v) is 5.14. The zero-order valence-corrected chi connectivity index (χ0v) is 16.6. The van der Waals surface area contributed by atoms with Crippen molar-refractivity contribution in [3.8, 4) is 5.69 Å². The average Bonchev–Trinajstić information content (AvgIpc) is 3.00. The molecule has 0 saturated carbocycles. The van der Waals surface area contributed by atoms with Crippen LogP contribution in [0.15, 0.2) is 35.1 Å². The lowest BCUT2D eigenvalue weighted by Crippen LogP contribution is -2.44. The van der Waals surface area contributed by atoms with Crippen molar-refractivity contribution in [2.45, 2.75) is 32.7 Å². The number of amides is 1. The minimum absolute atomic E-state index is 0.0198. The van der Waals surface area contributed by atoms with Crippen molar-refractivity contribution in [1.29, 1.82) is 0 Å². The molecule has 7 nitrogen and oxygen atoms in total. The van der Waals surface area contributed by atoms with Crippen LogP contribution < -0.4 is 5.43 Å². The summed E-state index contributed by atoms with van der Waals surface area (Å²) in [5.41, 5.74) is -0.402. The number of para-hydroxylation sites is 1. The topological polar surface area (TPSA) is 89.3 Å². The molecule has 2 heterocycles. The molecule has 0 aliphatic carbocycles. The molecule has 0 bridgehead atoms. The second-order valence-corrected chi connectivity index (χ2v) is 9.15. The summed E-state index contributed by atoms with van der Waals surface area (Å²) in [4.78, 5) is 27.0. The van der Waals surface area contributed by atoms with Gasteiger partial charge in [-0.3, -0.25) is 9.59 Å². The fourth-order valence-electron chi connectivity index (χ4n) is 3.41. The molecular weight excluding hydrogens is 385 g/mol. The summed E-state index contributed by atoms with van der Waals surface area (Å²) in [6, 6.07) is 6.69. The Kier molecular flexibility index (Phi) is 5.64. The highest BCUT2D eigenvalue weighted by atomic mass is 32.2. The molecule has 2 aromatic rings. The fraction of sp³-hybridized carbons (Fsp3) is 0.421. The largest absolute Gasteiger partial charge is 0.333 e. The van der Waals surface area contributed by atoms with Gasteiger partial charge in [-0.25, -0.2) is 17.5 Å². The summed E-state index contributed by atoms with van der Waals surface area (Å²) in [6.45, 7) is 3.78. The van der Waals surface area contributed by atoms with E-state index in [1.165, 1.54) is 33.8 Å². The molecule has 1 amide bonds. The van der Waals surface area contributed by atoms with E-state index < -0.39 is 33.0 Å². The normalized spacial score (nSPS) is 18.2. The number of nitrogens with zero attached hydrogens (tertiary/aromatic N) is 3. The van der Waals surface area contributed by atoms with Gasteiger partial charge < -0.3 is 4.90 Å². The van der Waals surface area contributed by atoms with Crippen LogP contribution >= 0.6 is 0 Å². The van der Waals surface area contributed by atoms with Crippen molar-refractivity contribution in [2.24, 2.45) is 0 Å². The molecule has 3 rings (SSSR count). The van der Waals surface area contributed by atoms with Crippen LogP contribution in [0.5, 0.6) is 0 Å². The molecule has 1 aliphatic heterocycles. The third-order valence-corrected chi connectivity index (χ3v) is 6.52. The van der Waals surface area contributed by atoms with Gasteiger partial charge in [0, 0.05) is 24.3 Å². The van der Waals surface area contributed by atoms with E-state index >= 15 is 0 Å². The Hall–Kier alpha value is -2.55. The predicted molar refractivity (Wildman–Crippen MR) is 103 cm³/mol. The molecule has 1 fully saturated rings. The highest BCUT2D eigenvalue weighted by Gasteiger charge is 2.36. The Morgan fingerprint density at radius 2 is 2.07 bits per heavy atom. The van der Waals surface area contributed by atoms with E-state index in [4.69, 9.17) is 0 Å². The Bertz CT molecular complexity index is 1070. The molecule has 28 heavy (non-hydrogen) atoms. The molecular formula is C19H22FN3O4S. The van der Waals surface area contributed by atoms with Crippen molar-refractivity contribution in [2.75, 3.05) is 18.1 Å². The Balaban J connectivity index is 2.04. The summed E-state index contributed by atoms with van der Waals surface area (Å²) in [5, 5.41) is 4.14. The molecule has 0 N–H and O–H groups in total. The van der Waals surface area contributed by atoms with Crippen LogP contribution in [0.25, 0.3) is 5.69 Å². The number of hydrogen-bond donors (Lipinski definition) is 0. The predicted octanol–water partition coefficient (Wildman–Crippen LogP) is 1.72. The van der Waals surface area contributed by atoms with Crippen LogP contribution in [0.4, 0.5) is 4.39 Å². The first-order valence-electron chi connectivity index (χ1n) is 9.11. The van der Waals surface area contributed by atoms with Crippen LogP contribution in [0.3, 0.4) is 0 Å². The lowest BCUT2D eigenvalue weighted by Gasteiger charge is -2.27. The van der Waals surface area contributed by atoms with Gasteiger partial charge in [-0.05, 0) is 31.9 Å². The summed E-state index contributed by atoms with van der Waals surface area (Å²) in [7, 11) is -3.20. The number of aryl methyl sites for hydroxylation is 1. The molecule has 150 valence electrons. The Morgan fingerprint density at radius 3 is 2.68 bits per heavy atom. The molecule has 1 aliphatic rings. The summed E-state index contributed by atoms with van der Waals surface area (Å²) in [6.07, 6.45) is 0.942. The zero-order valence-electron chi connectivity index (χ0n) is 15.8. The molecule has 9 heteroatoms. The first-order valence-corrected chi connectivity index (χ1v) is 10.9. The van der Waals surface area contributed by atoms with E-state index in [-0.39, 0.29) is 22.9 Å². The van der Waals surface area contributed by atoms with E-state index in [1.54, 1.807) is 13.0 Å². The molecule has 0 spiro atoms. The van der Waals surface area contributed by atoms with Crippen LogP contribution in [-0.2, 0) is 9.84 Å². The average molecular weight is 407 g/mol. The van der Waals surface area contributed by atoms with Crippen molar-refractivity contribution in [1.82, 2.24) is 14.7 Å². The second-order valence-electron chi connectivity index (χ2n) is 6.92. The van der Waals surface area contributed by atoms with E-state index in [0.29, 0.717) is 25.1 Å². The maximum atomic E-state index is 14.2. The number of rotatable bonds is 5. The molecule has 1 aromatic heterocycles. The number of aromatic nitrogens is 2. The Morgan fingerprint density at radius 1 is 1.36 bits per heavy atom.